The molecular formula is C23H23N3O2. The zero-order chi connectivity index (χ0) is 19.5. The highest BCUT2D eigenvalue weighted by atomic mass is 16.2. The van der Waals surface area contributed by atoms with Gasteiger partial charge in [-0.15, -0.1) is 0 Å². The number of hydrogen-bond donors (Lipinski definition) is 1. The second-order valence-electron chi connectivity index (χ2n) is 7.41. The molecule has 0 spiro atoms. The van der Waals surface area contributed by atoms with Crippen LogP contribution in [0.4, 0.5) is 5.69 Å². The van der Waals surface area contributed by atoms with Crippen molar-refractivity contribution in [3.05, 3.63) is 72.1 Å². The summed E-state index contributed by atoms with van der Waals surface area (Å²) in [7, 11) is 0. The van der Waals surface area contributed by atoms with E-state index < -0.39 is 0 Å². The molecule has 1 N–H and O–H groups in total. The molecule has 1 fully saturated rings. The Hall–Kier alpha value is -3.21. The largest absolute Gasteiger partial charge is 0.312 e. The lowest BCUT2D eigenvalue weighted by Gasteiger charge is -2.17. The fourth-order valence-electron chi connectivity index (χ4n) is 3.87. The highest BCUT2D eigenvalue weighted by Gasteiger charge is 2.32. The fraction of sp³-hybridized carbons (Fsp3) is 0.261. The number of Topliss-reactive ketones (excluding diaryl/α,β-unsaturated/α-hetero) is 1. The maximum atomic E-state index is 12.9. The highest BCUT2D eigenvalue weighted by molar-refractivity contribution is 5.97. The molecule has 1 atom stereocenters. The Morgan fingerprint density at radius 2 is 1.93 bits per heavy atom. The third kappa shape index (κ3) is 3.88. The standard InChI is InChI=1S/C23H23N3O2/c1-16(27)11-17-3-2-4-18(12-17)13-20-9-10-26(23(20)28)22-7-5-19(6-8-22)21-14-24-25-15-21/h2-8,12,14-15,20H,9-11,13H2,1H3,(H,24,25). The number of hydrogen-bond acceptors (Lipinski definition) is 3. The first-order chi connectivity index (χ1) is 13.6. The van der Waals surface area contributed by atoms with Gasteiger partial charge in [-0.1, -0.05) is 36.4 Å². The summed E-state index contributed by atoms with van der Waals surface area (Å²) in [6.45, 7) is 2.34. The van der Waals surface area contributed by atoms with E-state index in [0.29, 0.717) is 12.8 Å². The van der Waals surface area contributed by atoms with Gasteiger partial charge in [0.25, 0.3) is 0 Å². The first-order valence-electron chi connectivity index (χ1n) is 9.58. The Labute approximate surface area is 164 Å². The Bertz CT molecular complexity index is 977. The van der Waals surface area contributed by atoms with Gasteiger partial charge in [-0.3, -0.25) is 14.7 Å². The molecule has 142 valence electrons. The normalized spacial score (nSPS) is 16.5. The first-order valence-corrected chi connectivity index (χ1v) is 9.58. The van der Waals surface area contributed by atoms with Crippen LogP contribution in [-0.4, -0.2) is 28.4 Å². The number of aromatic amines is 1. The topological polar surface area (TPSA) is 66.1 Å². The SMILES string of the molecule is CC(=O)Cc1cccc(CC2CCN(c3ccc(-c4cn[nH]c4)cc3)C2=O)c1. The molecule has 5 nitrogen and oxygen atoms in total. The predicted octanol–water partition coefficient (Wildman–Crippen LogP) is 3.80. The maximum Gasteiger partial charge on any atom is 0.230 e. The molecule has 0 radical (unpaired) electrons. The van der Waals surface area contributed by atoms with E-state index in [0.717, 1.165) is 40.9 Å². The summed E-state index contributed by atoms with van der Waals surface area (Å²) in [5.41, 5.74) is 5.17. The average Bonchev–Trinajstić information content (AvgIpc) is 3.33. The molecule has 0 bridgehead atoms. The van der Waals surface area contributed by atoms with E-state index >= 15 is 0 Å². The maximum absolute atomic E-state index is 12.9. The van der Waals surface area contributed by atoms with Gasteiger partial charge in [0.2, 0.25) is 5.91 Å². The van der Waals surface area contributed by atoms with Crippen LogP contribution >= 0.6 is 0 Å². The van der Waals surface area contributed by atoms with Crippen LogP contribution in [0.5, 0.6) is 0 Å². The minimum absolute atomic E-state index is 0.0128. The molecule has 2 heterocycles. The van der Waals surface area contributed by atoms with Crippen molar-refractivity contribution in [1.82, 2.24) is 10.2 Å². The molecule has 2 aromatic carbocycles. The molecule has 1 aliphatic heterocycles. The van der Waals surface area contributed by atoms with Crippen LogP contribution in [0.1, 0.15) is 24.5 Å². The summed E-state index contributed by atoms with van der Waals surface area (Å²) in [4.78, 5) is 26.2. The van der Waals surface area contributed by atoms with Gasteiger partial charge in [-0.25, -0.2) is 0 Å². The van der Waals surface area contributed by atoms with E-state index in [1.165, 1.54) is 0 Å². The van der Waals surface area contributed by atoms with Gasteiger partial charge in [-0.05, 0) is 48.6 Å². The van der Waals surface area contributed by atoms with E-state index in [2.05, 4.69) is 16.3 Å². The van der Waals surface area contributed by atoms with E-state index in [1.807, 2.05) is 53.6 Å². The molecule has 3 aromatic rings. The van der Waals surface area contributed by atoms with Crippen molar-refractivity contribution in [2.75, 3.05) is 11.4 Å². The van der Waals surface area contributed by atoms with Gasteiger partial charge >= 0.3 is 0 Å². The highest BCUT2D eigenvalue weighted by Crippen LogP contribution is 2.29. The monoisotopic (exact) mass is 373 g/mol. The lowest BCUT2D eigenvalue weighted by Crippen LogP contribution is -2.27. The molecule has 1 unspecified atom stereocenters. The second-order valence-corrected chi connectivity index (χ2v) is 7.41. The molecular weight excluding hydrogens is 350 g/mol. The van der Waals surface area contributed by atoms with Gasteiger partial charge in [0.05, 0.1) is 6.20 Å². The van der Waals surface area contributed by atoms with E-state index in [9.17, 15) is 9.59 Å². The van der Waals surface area contributed by atoms with Crippen molar-refractivity contribution in [3.63, 3.8) is 0 Å². The number of benzene rings is 2. The quantitative estimate of drug-likeness (QED) is 0.715. The number of carbonyl (C=O) groups excluding carboxylic acids is 2. The van der Waals surface area contributed by atoms with E-state index in [-0.39, 0.29) is 17.6 Å². The summed E-state index contributed by atoms with van der Waals surface area (Å²) in [6, 6.07) is 16.1. The summed E-state index contributed by atoms with van der Waals surface area (Å²) in [5.74, 6) is 0.313. The molecule has 28 heavy (non-hydrogen) atoms. The lowest BCUT2D eigenvalue weighted by molar-refractivity contribution is -0.120. The number of nitrogens with one attached hydrogen (secondary N) is 1. The van der Waals surface area contributed by atoms with Crippen LogP contribution in [0.25, 0.3) is 11.1 Å². The molecule has 1 aromatic heterocycles. The van der Waals surface area contributed by atoms with Gasteiger partial charge in [0, 0.05) is 36.3 Å². The number of carbonyl (C=O) groups is 2. The number of rotatable bonds is 6. The minimum Gasteiger partial charge on any atom is -0.312 e. The third-order valence-corrected chi connectivity index (χ3v) is 5.25. The van der Waals surface area contributed by atoms with Crippen LogP contribution in [-0.2, 0) is 22.4 Å². The number of ketones is 1. The summed E-state index contributed by atoms with van der Waals surface area (Å²) in [6.07, 6.45) is 5.65. The second kappa shape index (κ2) is 7.80. The van der Waals surface area contributed by atoms with Gasteiger partial charge in [0.1, 0.15) is 5.78 Å². The van der Waals surface area contributed by atoms with Crippen molar-refractivity contribution in [3.8, 4) is 11.1 Å². The van der Waals surface area contributed by atoms with Crippen molar-refractivity contribution in [1.29, 1.82) is 0 Å². The predicted molar refractivity (Wildman–Crippen MR) is 109 cm³/mol. The molecule has 5 heteroatoms. The van der Waals surface area contributed by atoms with Gasteiger partial charge in [0.15, 0.2) is 0 Å². The summed E-state index contributed by atoms with van der Waals surface area (Å²) >= 11 is 0. The minimum atomic E-state index is -0.0128. The number of H-pyrrole nitrogens is 1. The average molecular weight is 373 g/mol. The Kier molecular flexibility index (Phi) is 5.06. The van der Waals surface area contributed by atoms with Crippen molar-refractivity contribution in [2.45, 2.75) is 26.2 Å². The summed E-state index contributed by atoms with van der Waals surface area (Å²) in [5, 5.41) is 6.79. The van der Waals surface area contributed by atoms with Crippen LogP contribution in [0, 0.1) is 5.92 Å². The zero-order valence-corrected chi connectivity index (χ0v) is 15.9. The number of amides is 1. The Morgan fingerprint density at radius 3 is 2.64 bits per heavy atom. The summed E-state index contributed by atoms with van der Waals surface area (Å²) < 4.78 is 0. The molecule has 1 aliphatic rings. The van der Waals surface area contributed by atoms with E-state index in [4.69, 9.17) is 0 Å². The number of anilines is 1. The number of nitrogens with zero attached hydrogens (tertiary/aromatic N) is 2. The van der Waals surface area contributed by atoms with Gasteiger partial charge in [-0.2, -0.15) is 5.10 Å². The van der Waals surface area contributed by atoms with Crippen LogP contribution in [0.15, 0.2) is 60.9 Å². The van der Waals surface area contributed by atoms with Crippen LogP contribution in [0.3, 0.4) is 0 Å². The molecule has 1 saturated heterocycles. The first kappa shape index (κ1) is 18.2. The third-order valence-electron chi connectivity index (χ3n) is 5.25. The molecule has 1 amide bonds. The molecule has 0 saturated carbocycles. The van der Waals surface area contributed by atoms with Crippen molar-refractivity contribution < 1.29 is 9.59 Å². The smallest absolute Gasteiger partial charge is 0.230 e. The van der Waals surface area contributed by atoms with E-state index in [1.54, 1.807) is 13.1 Å². The van der Waals surface area contributed by atoms with Crippen LogP contribution in [0.2, 0.25) is 0 Å². The Balaban J connectivity index is 1.44. The zero-order valence-electron chi connectivity index (χ0n) is 15.9. The van der Waals surface area contributed by atoms with Crippen molar-refractivity contribution >= 4 is 17.4 Å². The Morgan fingerprint density at radius 1 is 1.14 bits per heavy atom. The fourth-order valence-corrected chi connectivity index (χ4v) is 3.87. The molecule has 4 rings (SSSR count). The van der Waals surface area contributed by atoms with Crippen LogP contribution < -0.4 is 4.90 Å². The van der Waals surface area contributed by atoms with Gasteiger partial charge < -0.3 is 4.90 Å². The number of aromatic nitrogens is 2. The molecule has 0 aliphatic carbocycles. The lowest BCUT2D eigenvalue weighted by atomic mass is 9.96. The van der Waals surface area contributed by atoms with Crippen molar-refractivity contribution in [2.24, 2.45) is 5.92 Å².